The Kier molecular flexibility index (Phi) is 3.99. The molecule has 2 aromatic rings. The molecule has 1 N–H and O–H groups in total. The SMILES string of the molecule is COc1cccc(CNc2nc(C(C)C)nn2C)n1. The van der Waals surface area contributed by atoms with E-state index in [4.69, 9.17) is 4.74 Å². The van der Waals surface area contributed by atoms with Crippen molar-refractivity contribution in [3.63, 3.8) is 0 Å². The van der Waals surface area contributed by atoms with Crippen molar-refractivity contribution in [3.05, 3.63) is 29.7 Å². The molecule has 0 amide bonds. The molecule has 2 aromatic heterocycles. The summed E-state index contributed by atoms with van der Waals surface area (Å²) in [5.74, 6) is 2.51. The van der Waals surface area contributed by atoms with E-state index in [-0.39, 0.29) is 0 Å². The summed E-state index contributed by atoms with van der Waals surface area (Å²) in [7, 11) is 3.48. The Bertz CT molecular complexity index is 550. The number of nitrogens with one attached hydrogen (secondary N) is 1. The first kappa shape index (κ1) is 13.3. The standard InChI is InChI=1S/C13H19N5O/c1-9(2)12-16-13(18(3)17-12)14-8-10-6-5-7-11(15-10)19-4/h5-7,9H,8H2,1-4H3,(H,14,16,17). The quantitative estimate of drug-likeness (QED) is 0.891. The van der Waals surface area contributed by atoms with Gasteiger partial charge in [0.25, 0.3) is 0 Å². The molecule has 0 fully saturated rings. The second-order valence-corrected chi connectivity index (χ2v) is 4.60. The molecular weight excluding hydrogens is 242 g/mol. The third-order valence-electron chi connectivity index (χ3n) is 2.71. The second kappa shape index (κ2) is 5.69. The molecule has 0 aliphatic carbocycles. The van der Waals surface area contributed by atoms with Gasteiger partial charge in [-0.1, -0.05) is 19.9 Å². The molecule has 0 aromatic carbocycles. The minimum atomic E-state index is 0.316. The molecule has 19 heavy (non-hydrogen) atoms. The lowest BCUT2D eigenvalue weighted by atomic mass is 10.2. The summed E-state index contributed by atoms with van der Waals surface area (Å²) in [5, 5.41) is 7.58. The van der Waals surface area contributed by atoms with Gasteiger partial charge < -0.3 is 10.1 Å². The number of hydrogen-bond acceptors (Lipinski definition) is 5. The molecule has 0 saturated carbocycles. The van der Waals surface area contributed by atoms with Crippen LogP contribution in [0.3, 0.4) is 0 Å². The smallest absolute Gasteiger partial charge is 0.221 e. The van der Waals surface area contributed by atoms with Gasteiger partial charge >= 0.3 is 0 Å². The molecule has 2 heterocycles. The molecule has 0 saturated heterocycles. The maximum Gasteiger partial charge on any atom is 0.221 e. The number of ether oxygens (including phenoxy) is 1. The van der Waals surface area contributed by atoms with E-state index in [1.165, 1.54) is 0 Å². The van der Waals surface area contributed by atoms with Gasteiger partial charge in [0.2, 0.25) is 11.8 Å². The lowest BCUT2D eigenvalue weighted by molar-refractivity contribution is 0.396. The number of anilines is 1. The van der Waals surface area contributed by atoms with Gasteiger partial charge in [0.15, 0.2) is 5.82 Å². The van der Waals surface area contributed by atoms with E-state index >= 15 is 0 Å². The third-order valence-corrected chi connectivity index (χ3v) is 2.71. The number of aryl methyl sites for hydroxylation is 1. The van der Waals surface area contributed by atoms with Crippen molar-refractivity contribution in [1.29, 1.82) is 0 Å². The molecule has 0 spiro atoms. The number of aromatic nitrogens is 4. The van der Waals surface area contributed by atoms with Gasteiger partial charge in [0.1, 0.15) is 0 Å². The number of methoxy groups -OCH3 is 1. The monoisotopic (exact) mass is 261 g/mol. The van der Waals surface area contributed by atoms with Crippen LogP contribution in [-0.2, 0) is 13.6 Å². The van der Waals surface area contributed by atoms with Crippen molar-refractivity contribution < 1.29 is 4.74 Å². The molecule has 0 unspecified atom stereocenters. The first-order valence-corrected chi connectivity index (χ1v) is 6.25. The van der Waals surface area contributed by atoms with E-state index in [1.807, 2.05) is 25.2 Å². The van der Waals surface area contributed by atoms with E-state index in [1.54, 1.807) is 11.8 Å². The normalized spacial score (nSPS) is 10.8. The Hall–Kier alpha value is -2.11. The van der Waals surface area contributed by atoms with Gasteiger partial charge in [-0.3, -0.25) is 0 Å². The molecule has 0 aliphatic heterocycles. The summed E-state index contributed by atoms with van der Waals surface area (Å²) in [6.07, 6.45) is 0. The lowest BCUT2D eigenvalue weighted by Gasteiger charge is -2.05. The first-order valence-electron chi connectivity index (χ1n) is 6.25. The van der Waals surface area contributed by atoms with Gasteiger partial charge in [-0.25, -0.2) is 9.67 Å². The molecule has 6 heteroatoms. The van der Waals surface area contributed by atoms with Crippen LogP contribution in [0.25, 0.3) is 0 Å². The Morgan fingerprint density at radius 3 is 2.74 bits per heavy atom. The van der Waals surface area contributed by atoms with Crippen LogP contribution in [0.5, 0.6) is 5.88 Å². The van der Waals surface area contributed by atoms with Crippen LogP contribution >= 0.6 is 0 Å². The zero-order chi connectivity index (χ0) is 13.8. The maximum absolute atomic E-state index is 5.09. The summed E-state index contributed by atoms with van der Waals surface area (Å²) in [5.41, 5.74) is 0.897. The van der Waals surface area contributed by atoms with Crippen LogP contribution in [-0.4, -0.2) is 26.9 Å². The summed E-state index contributed by atoms with van der Waals surface area (Å²) in [6, 6.07) is 5.68. The van der Waals surface area contributed by atoms with Crippen molar-refractivity contribution in [2.24, 2.45) is 7.05 Å². The molecule has 0 radical (unpaired) electrons. The minimum absolute atomic E-state index is 0.316. The van der Waals surface area contributed by atoms with Gasteiger partial charge in [-0.05, 0) is 6.07 Å². The summed E-state index contributed by atoms with van der Waals surface area (Å²) < 4.78 is 6.84. The predicted molar refractivity (Wildman–Crippen MR) is 73.2 cm³/mol. The van der Waals surface area contributed by atoms with E-state index in [2.05, 4.69) is 34.2 Å². The molecule has 0 bridgehead atoms. The Balaban J connectivity index is 2.05. The highest BCUT2D eigenvalue weighted by atomic mass is 16.5. The number of rotatable bonds is 5. The third kappa shape index (κ3) is 3.21. The lowest BCUT2D eigenvalue weighted by Crippen LogP contribution is -2.07. The zero-order valence-electron chi connectivity index (χ0n) is 11.7. The average molecular weight is 261 g/mol. The van der Waals surface area contributed by atoms with Crippen molar-refractivity contribution in [2.45, 2.75) is 26.3 Å². The van der Waals surface area contributed by atoms with E-state index < -0.39 is 0 Å². The van der Waals surface area contributed by atoms with Crippen LogP contribution in [0.1, 0.15) is 31.3 Å². The van der Waals surface area contributed by atoms with Crippen molar-refractivity contribution >= 4 is 5.95 Å². The van der Waals surface area contributed by atoms with E-state index in [0.717, 1.165) is 17.5 Å². The maximum atomic E-state index is 5.09. The van der Waals surface area contributed by atoms with Crippen molar-refractivity contribution in [3.8, 4) is 5.88 Å². The summed E-state index contributed by atoms with van der Waals surface area (Å²) in [4.78, 5) is 8.78. The molecule has 0 aliphatic rings. The highest BCUT2D eigenvalue weighted by Crippen LogP contribution is 2.13. The molecule has 102 valence electrons. The van der Waals surface area contributed by atoms with E-state index in [0.29, 0.717) is 18.3 Å². The highest BCUT2D eigenvalue weighted by Gasteiger charge is 2.10. The average Bonchev–Trinajstić information content (AvgIpc) is 2.78. The zero-order valence-corrected chi connectivity index (χ0v) is 11.7. The molecular formula is C13H19N5O. The van der Waals surface area contributed by atoms with Gasteiger partial charge in [-0.15, -0.1) is 0 Å². The summed E-state index contributed by atoms with van der Waals surface area (Å²) in [6.45, 7) is 4.73. The molecule has 0 atom stereocenters. The summed E-state index contributed by atoms with van der Waals surface area (Å²) >= 11 is 0. The van der Waals surface area contributed by atoms with Crippen LogP contribution in [0, 0.1) is 0 Å². The topological polar surface area (TPSA) is 64.9 Å². The Morgan fingerprint density at radius 1 is 1.32 bits per heavy atom. The van der Waals surface area contributed by atoms with Crippen molar-refractivity contribution in [1.82, 2.24) is 19.7 Å². The molecule has 6 nitrogen and oxygen atoms in total. The number of pyridine rings is 1. The second-order valence-electron chi connectivity index (χ2n) is 4.60. The van der Waals surface area contributed by atoms with Crippen LogP contribution in [0.2, 0.25) is 0 Å². The first-order chi connectivity index (χ1) is 9.10. The van der Waals surface area contributed by atoms with Crippen molar-refractivity contribution in [2.75, 3.05) is 12.4 Å². The number of nitrogens with zero attached hydrogens (tertiary/aromatic N) is 4. The fraction of sp³-hybridized carbons (Fsp3) is 0.462. The predicted octanol–water partition coefficient (Wildman–Crippen LogP) is 1.95. The fourth-order valence-corrected chi connectivity index (χ4v) is 1.64. The fourth-order valence-electron chi connectivity index (χ4n) is 1.64. The van der Waals surface area contributed by atoms with Gasteiger partial charge in [-0.2, -0.15) is 10.1 Å². The van der Waals surface area contributed by atoms with Crippen LogP contribution < -0.4 is 10.1 Å². The largest absolute Gasteiger partial charge is 0.481 e. The van der Waals surface area contributed by atoms with E-state index in [9.17, 15) is 0 Å². The minimum Gasteiger partial charge on any atom is -0.481 e. The van der Waals surface area contributed by atoms with Crippen LogP contribution in [0.15, 0.2) is 18.2 Å². The number of hydrogen-bond donors (Lipinski definition) is 1. The Labute approximate surface area is 112 Å². The van der Waals surface area contributed by atoms with Gasteiger partial charge in [0.05, 0.1) is 19.3 Å². The van der Waals surface area contributed by atoms with Crippen LogP contribution in [0.4, 0.5) is 5.95 Å². The Morgan fingerprint density at radius 2 is 2.11 bits per heavy atom. The molecule has 2 rings (SSSR count). The van der Waals surface area contributed by atoms with Gasteiger partial charge in [0, 0.05) is 19.0 Å². The highest BCUT2D eigenvalue weighted by molar-refractivity contribution is 5.27.